The quantitative estimate of drug-likeness (QED) is 0.869. The number of nitrogens with zero attached hydrogens (tertiary/aromatic N) is 1. The molecule has 0 bridgehead atoms. The molecule has 3 nitrogen and oxygen atoms in total. The van der Waals surface area contributed by atoms with Gasteiger partial charge in [-0.2, -0.15) is 0 Å². The van der Waals surface area contributed by atoms with E-state index in [4.69, 9.17) is 0 Å². The first kappa shape index (κ1) is 10.9. The van der Waals surface area contributed by atoms with Crippen molar-refractivity contribution in [3.8, 4) is 0 Å². The highest BCUT2D eigenvalue weighted by molar-refractivity contribution is 7.07. The summed E-state index contributed by atoms with van der Waals surface area (Å²) in [6.07, 6.45) is 0.413. The molecule has 0 aliphatic heterocycles. The fraction of sp³-hybridized carbons (Fsp3) is 0.308. The predicted octanol–water partition coefficient (Wildman–Crippen LogP) is 1.89. The Labute approximate surface area is 104 Å². The van der Waals surface area contributed by atoms with Gasteiger partial charge < -0.3 is 10.4 Å². The van der Waals surface area contributed by atoms with Crippen molar-refractivity contribution < 1.29 is 5.11 Å². The zero-order valence-electron chi connectivity index (χ0n) is 9.34. The molecule has 2 aromatic rings. The van der Waals surface area contributed by atoms with Crippen LogP contribution in [0, 0.1) is 0 Å². The van der Waals surface area contributed by atoms with Crippen LogP contribution in [0.2, 0.25) is 0 Å². The van der Waals surface area contributed by atoms with Crippen molar-refractivity contribution in [3.05, 3.63) is 52.0 Å². The van der Waals surface area contributed by atoms with Crippen LogP contribution < -0.4 is 5.32 Å². The summed E-state index contributed by atoms with van der Waals surface area (Å²) < 4.78 is 0. The van der Waals surface area contributed by atoms with E-state index in [-0.39, 0.29) is 12.1 Å². The van der Waals surface area contributed by atoms with Gasteiger partial charge in [-0.15, -0.1) is 11.3 Å². The average Bonchev–Trinajstić information content (AvgIpc) is 2.93. The van der Waals surface area contributed by atoms with E-state index in [0.29, 0.717) is 6.54 Å². The fourth-order valence-corrected chi connectivity index (χ4v) is 2.92. The third-order valence-electron chi connectivity index (χ3n) is 3.19. The maximum Gasteiger partial charge on any atom is 0.0795 e. The minimum Gasteiger partial charge on any atom is -0.391 e. The molecule has 0 fully saturated rings. The lowest BCUT2D eigenvalue weighted by atomic mass is 10.1. The average molecular weight is 246 g/mol. The number of nitrogens with one attached hydrogen (secondary N) is 1. The maximum atomic E-state index is 10.1. The van der Waals surface area contributed by atoms with Gasteiger partial charge in [-0.1, -0.05) is 24.3 Å². The Balaban J connectivity index is 1.75. The minimum atomic E-state index is -0.328. The molecule has 88 valence electrons. The Morgan fingerprint density at radius 3 is 3.12 bits per heavy atom. The molecular formula is C13H14N2OS. The molecule has 1 heterocycles. The Morgan fingerprint density at radius 1 is 1.41 bits per heavy atom. The molecule has 0 unspecified atom stereocenters. The van der Waals surface area contributed by atoms with Crippen molar-refractivity contribution in [1.82, 2.24) is 10.3 Å². The number of aliphatic hydroxyl groups excluding tert-OH is 1. The number of aliphatic hydroxyl groups is 1. The number of aromatic nitrogens is 1. The number of rotatable bonds is 3. The van der Waals surface area contributed by atoms with E-state index in [0.717, 1.165) is 12.1 Å². The van der Waals surface area contributed by atoms with E-state index < -0.39 is 0 Å². The summed E-state index contributed by atoms with van der Waals surface area (Å²) in [5, 5.41) is 15.5. The van der Waals surface area contributed by atoms with Gasteiger partial charge >= 0.3 is 0 Å². The topological polar surface area (TPSA) is 45.1 Å². The molecular weight excluding hydrogens is 232 g/mol. The molecule has 17 heavy (non-hydrogen) atoms. The standard InChI is InChI=1S/C13H14N2OS/c16-12-5-9-3-1-2-4-11(9)13(12)14-6-10-7-17-8-15-10/h1-4,7-8,12-14,16H,5-6H2/t12-,13+/m0/s1. The summed E-state index contributed by atoms with van der Waals surface area (Å²) in [6.45, 7) is 0.708. The molecule has 1 aliphatic rings. The zero-order valence-corrected chi connectivity index (χ0v) is 10.2. The molecule has 1 aliphatic carbocycles. The van der Waals surface area contributed by atoms with Crippen LogP contribution in [0.1, 0.15) is 22.9 Å². The Morgan fingerprint density at radius 2 is 2.29 bits per heavy atom. The molecule has 2 atom stereocenters. The second kappa shape index (κ2) is 4.56. The van der Waals surface area contributed by atoms with E-state index in [9.17, 15) is 5.11 Å². The minimum absolute atomic E-state index is 0.0351. The van der Waals surface area contributed by atoms with Crippen molar-refractivity contribution in [3.63, 3.8) is 0 Å². The summed E-state index contributed by atoms with van der Waals surface area (Å²) in [7, 11) is 0. The summed E-state index contributed by atoms with van der Waals surface area (Å²) in [4.78, 5) is 4.23. The van der Waals surface area contributed by atoms with Gasteiger partial charge in [0, 0.05) is 18.3 Å². The van der Waals surface area contributed by atoms with Gasteiger partial charge in [0.25, 0.3) is 0 Å². The monoisotopic (exact) mass is 246 g/mol. The normalized spacial score (nSPS) is 22.6. The first-order chi connectivity index (χ1) is 8.34. The summed E-state index contributed by atoms with van der Waals surface area (Å²) in [5.41, 5.74) is 5.33. The maximum absolute atomic E-state index is 10.1. The van der Waals surface area contributed by atoms with E-state index in [2.05, 4.69) is 22.4 Å². The SMILES string of the molecule is O[C@H]1Cc2ccccc2[C@H]1NCc1cscn1. The van der Waals surface area contributed by atoms with Crippen LogP contribution in [0.15, 0.2) is 35.2 Å². The summed E-state index contributed by atoms with van der Waals surface area (Å²) in [5.74, 6) is 0. The Kier molecular flexibility index (Phi) is 2.93. The van der Waals surface area contributed by atoms with Gasteiger partial charge in [0.15, 0.2) is 0 Å². The second-order valence-corrected chi connectivity index (χ2v) is 5.03. The smallest absolute Gasteiger partial charge is 0.0795 e. The van der Waals surface area contributed by atoms with Crippen LogP contribution in [0.25, 0.3) is 0 Å². The van der Waals surface area contributed by atoms with E-state index in [1.54, 1.807) is 11.3 Å². The van der Waals surface area contributed by atoms with Crippen LogP contribution in [0.4, 0.5) is 0 Å². The second-order valence-electron chi connectivity index (χ2n) is 4.31. The van der Waals surface area contributed by atoms with E-state index >= 15 is 0 Å². The summed E-state index contributed by atoms with van der Waals surface area (Å²) in [6, 6.07) is 8.25. The van der Waals surface area contributed by atoms with Crippen LogP contribution >= 0.6 is 11.3 Å². The lowest BCUT2D eigenvalue weighted by Crippen LogP contribution is -2.28. The lowest BCUT2D eigenvalue weighted by molar-refractivity contribution is 0.140. The van der Waals surface area contributed by atoms with Crippen molar-refractivity contribution in [1.29, 1.82) is 0 Å². The number of hydrogen-bond donors (Lipinski definition) is 2. The van der Waals surface area contributed by atoms with Gasteiger partial charge in [-0.05, 0) is 11.1 Å². The predicted molar refractivity (Wildman–Crippen MR) is 67.8 cm³/mol. The van der Waals surface area contributed by atoms with Crippen LogP contribution in [-0.2, 0) is 13.0 Å². The van der Waals surface area contributed by atoms with Crippen molar-refractivity contribution in [2.45, 2.75) is 25.1 Å². The molecule has 0 amide bonds. The van der Waals surface area contributed by atoms with Gasteiger partial charge in [0.2, 0.25) is 0 Å². The molecule has 1 aromatic heterocycles. The van der Waals surface area contributed by atoms with Gasteiger partial charge in [-0.3, -0.25) is 0 Å². The molecule has 0 radical (unpaired) electrons. The number of hydrogen-bond acceptors (Lipinski definition) is 4. The van der Waals surface area contributed by atoms with Crippen molar-refractivity contribution in [2.24, 2.45) is 0 Å². The number of thiazole rings is 1. The van der Waals surface area contributed by atoms with Crippen LogP contribution in [0.5, 0.6) is 0 Å². The number of benzene rings is 1. The molecule has 0 saturated heterocycles. The first-order valence-electron chi connectivity index (χ1n) is 5.71. The molecule has 0 spiro atoms. The lowest BCUT2D eigenvalue weighted by Gasteiger charge is -2.17. The molecule has 3 rings (SSSR count). The van der Waals surface area contributed by atoms with Gasteiger partial charge in [-0.25, -0.2) is 4.98 Å². The highest BCUT2D eigenvalue weighted by Gasteiger charge is 2.30. The van der Waals surface area contributed by atoms with Crippen LogP contribution in [-0.4, -0.2) is 16.2 Å². The fourth-order valence-electron chi connectivity index (χ4n) is 2.36. The zero-order chi connectivity index (χ0) is 11.7. The van der Waals surface area contributed by atoms with Gasteiger partial charge in [0.05, 0.1) is 23.4 Å². The Bertz CT molecular complexity index is 498. The first-order valence-corrected chi connectivity index (χ1v) is 6.65. The third-order valence-corrected chi connectivity index (χ3v) is 3.83. The van der Waals surface area contributed by atoms with E-state index in [1.165, 1.54) is 11.1 Å². The molecule has 4 heteroatoms. The van der Waals surface area contributed by atoms with Gasteiger partial charge in [0.1, 0.15) is 0 Å². The third kappa shape index (κ3) is 2.11. The molecule has 2 N–H and O–H groups in total. The van der Waals surface area contributed by atoms with Crippen molar-refractivity contribution >= 4 is 11.3 Å². The Hall–Kier alpha value is -1.23. The molecule has 1 aromatic carbocycles. The summed E-state index contributed by atoms with van der Waals surface area (Å²) >= 11 is 1.59. The molecule has 0 saturated carbocycles. The highest BCUT2D eigenvalue weighted by atomic mass is 32.1. The van der Waals surface area contributed by atoms with Crippen molar-refractivity contribution in [2.75, 3.05) is 0 Å². The van der Waals surface area contributed by atoms with E-state index in [1.807, 2.05) is 23.0 Å². The van der Waals surface area contributed by atoms with Crippen LogP contribution in [0.3, 0.4) is 0 Å². The highest BCUT2D eigenvalue weighted by Crippen LogP contribution is 2.31. The number of fused-ring (bicyclic) bond motifs is 1. The largest absolute Gasteiger partial charge is 0.391 e.